The van der Waals surface area contributed by atoms with Crippen molar-refractivity contribution in [3.05, 3.63) is 54.4 Å². The number of carbonyl (C=O) groups excluding carboxylic acids is 1. The molecule has 3 aromatic rings. The third-order valence-corrected chi connectivity index (χ3v) is 5.00. The number of hydrogen-bond donors (Lipinski definition) is 0. The Hall–Kier alpha value is -3.16. The van der Waals surface area contributed by atoms with E-state index < -0.39 is 0 Å². The van der Waals surface area contributed by atoms with Crippen LogP contribution in [-0.4, -0.2) is 53.4 Å². The molecule has 1 fully saturated rings. The molecule has 138 valence electrons. The van der Waals surface area contributed by atoms with Crippen molar-refractivity contribution in [2.24, 2.45) is 7.05 Å². The van der Waals surface area contributed by atoms with Crippen molar-refractivity contribution in [3.8, 4) is 11.4 Å². The Morgan fingerprint density at radius 3 is 2.81 bits per heavy atom. The van der Waals surface area contributed by atoms with Crippen LogP contribution in [0.3, 0.4) is 0 Å². The third-order valence-electron chi connectivity index (χ3n) is 5.00. The maximum Gasteiger partial charge on any atom is 0.257 e. The molecular weight excluding hydrogens is 342 g/mol. The maximum atomic E-state index is 12.9. The molecule has 0 spiro atoms. The van der Waals surface area contributed by atoms with Crippen LogP contribution in [0.5, 0.6) is 0 Å². The van der Waals surface area contributed by atoms with Crippen molar-refractivity contribution in [2.75, 3.05) is 13.1 Å². The van der Waals surface area contributed by atoms with Crippen LogP contribution in [0.2, 0.25) is 0 Å². The van der Waals surface area contributed by atoms with E-state index >= 15 is 0 Å². The molecule has 8 heteroatoms. The molecule has 1 amide bonds. The Labute approximate surface area is 157 Å². The molecule has 4 rings (SSSR count). The van der Waals surface area contributed by atoms with Crippen molar-refractivity contribution in [2.45, 2.75) is 25.7 Å². The van der Waals surface area contributed by atoms with E-state index in [1.54, 1.807) is 31.1 Å². The minimum Gasteiger partial charge on any atom is -0.338 e. The van der Waals surface area contributed by atoms with Gasteiger partial charge in [-0.15, -0.1) is 0 Å². The highest BCUT2D eigenvalue weighted by Crippen LogP contribution is 2.27. The summed E-state index contributed by atoms with van der Waals surface area (Å²) in [5.74, 6) is 0.141. The van der Waals surface area contributed by atoms with E-state index in [0.29, 0.717) is 17.8 Å². The topological polar surface area (TPSA) is 89.7 Å². The monoisotopic (exact) mass is 363 g/mol. The Bertz CT molecular complexity index is 968. The van der Waals surface area contributed by atoms with Gasteiger partial charge in [-0.3, -0.25) is 9.78 Å². The molecule has 0 aromatic carbocycles. The van der Waals surface area contributed by atoms with Gasteiger partial charge in [0.05, 0.1) is 41.4 Å². The van der Waals surface area contributed by atoms with E-state index in [-0.39, 0.29) is 11.8 Å². The minimum absolute atomic E-state index is 0.0199. The molecule has 27 heavy (non-hydrogen) atoms. The summed E-state index contributed by atoms with van der Waals surface area (Å²) in [4.78, 5) is 36.2. The molecule has 1 aliphatic heterocycles. The predicted octanol–water partition coefficient (Wildman–Crippen LogP) is 2.00. The molecule has 0 radical (unpaired) electrons. The van der Waals surface area contributed by atoms with Gasteiger partial charge in [0, 0.05) is 38.4 Å². The molecule has 4 heterocycles. The van der Waals surface area contributed by atoms with Crippen molar-refractivity contribution in [1.29, 1.82) is 0 Å². The van der Waals surface area contributed by atoms with Gasteiger partial charge >= 0.3 is 0 Å². The van der Waals surface area contributed by atoms with E-state index in [4.69, 9.17) is 4.98 Å². The lowest BCUT2D eigenvalue weighted by Gasteiger charge is -2.32. The van der Waals surface area contributed by atoms with Crippen LogP contribution >= 0.6 is 0 Å². The lowest BCUT2D eigenvalue weighted by Crippen LogP contribution is -2.39. The Balaban J connectivity index is 1.56. The maximum absolute atomic E-state index is 12.9. The van der Waals surface area contributed by atoms with Crippen LogP contribution in [0.15, 0.2) is 37.4 Å². The summed E-state index contributed by atoms with van der Waals surface area (Å²) < 4.78 is 1.92. The van der Waals surface area contributed by atoms with Gasteiger partial charge in [0.25, 0.3) is 5.91 Å². The molecule has 3 aromatic heterocycles. The number of hydrogen-bond acceptors (Lipinski definition) is 6. The van der Waals surface area contributed by atoms with Crippen LogP contribution < -0.4 is 0 Å². The zero-order valence-corrected chi connectivity index (χ0v) is 15.4. The predicted molar refractivity (Wildman–Crippen MR) is 98.9 cm³/mol. The molecule has 0 bridgehead atoms. The van der Waals surface area contributed by atoms with Crippen LogP contribution in [0.1, 0.15) is 40.5 Å². The first-order chi connectivity index (χ1) is 13.1. The third kappa shape index (κ3) is 3.42. The van der Waals surface area contributed by atoms with Crippen LogP contribution in [0.4, 0.5) is 0 Å². The number of aromatic nitrogens is 6. The first kappa shape index (κ1) is 17.3. The van der Waals surface area contributed by atoms with Gasteiger partial charge in [0.1, 0.15) is 12.0 Å². The van der Waals surface area contributed by atoms with Crippen molar-refractivity contribution >= 4 is 5.91 Å². The smallest absolute Gasteiger partial charge is 0.257 e. The second-order valence-electron chi connectivity index (χ2n) is 6.83. The summed E-state index contributed by atoms with van der Waals surface area (Å²) in [6.07, 6.45) is 12.0. The summed E-state index contributed by atoms with van der Waals surface area (Å²) in [5.41, 5.74) is 3.89. The highest BCUT2D eigenvalue weighted by molar-refractivity contribution is 5.95. The van der Waals surface area contributed by atoms with Gasteiger partial charge in [-0.2, -0.15) is 0 Å². The molecule has 0 N–H and O–H groups in total. The van der Waals surface area contributed by atoms with E-state index in [1.807, 2.05) is 23.4 Å². The highest BCUT2D eigenvalue weighted by atomic mass is 16.2. The van der Waals surface area contributed by atoms with Gasteiger partial charge in [0.2, 0.25) is 0 Å². The normalized spacial score (nSPS) is 17.1. The molecule has 0 unspecified atom stereocenters. The number of amides is 1. The summed E-state index contributed by atoms with van der Waals surface area (Å²) in [6, 6.07) is 0. The zero-order chi connectivity index (χ0) is 18.8. The molecule has 8 nitrogen and oxygen atoms in total. The summed E-state index contributed by atoms with van der Waals surface area (Å²) in [6.45, 7) is 3.19. The summed E-state index contributed by atoms with van der Waals surface area (Å²) in [7, 11) is 1.93. The van der Waals surface area contributed by atoms with Crippen molar-refractivity contribution in [1.82, 2.24) is 34.4 Å². The standard InChI is InChI=1S/C19H21N7O/c1-13-15(6-21-11-23-13)19(27)26-5-3-4-14(10-26)16-7-20-8-17(24-16)18-9-22-12-25(18)2/h6-9,11-12,14H,3-5,10H2,1-2H3/t14-/m1/s1. The van der Waals surface area contributed by atoms with Gasteiger partial charge in [-0.1, -0.05) is 0 Å². The fraction of sp³-hybridized carbons (Fsp3) is 0.368. The van der Waals surface area contributed by atoms with Crippen LogP contribution in [-0.2, 0) is 7.05 Å². The molecule has 1 saturated heterocycles. The van der Waals surface area contributed by atoms with E-state index in [2.05, 4.69) is 19.9 Å². The molecule has 0 aliphatic carbocycles. The SMILES string of the molecule is Cc1ncncc1C(=O)N1CCC[C@@H](c2cncc(-c3cncn3C)n2)C1. The minimum atomic E-state index is -0.0199. The number of piperidine rings is 1. The first-order valence-corrected chi connectivity index (χ1v) is 8.98. The van der Waals surface area contributed by atoms with E-state index in [9.17, 15) is 4.79 Å². The quantitative estimate of drug-likeness (QED) is 0.707. The van der Waals surface area contributed by atoms with Crippen molar-refractivity contribution in [3.63, 3.8) is 0 Å². The molecular formula is C19H21N7O. The number of carbonyl (C=O) groups is 1. The van der Waals surface area contributed by atoms with E-state index in [1.165, 1.54) is 6.33 Å². The number of rotatable bonds is 3. The number of imidazole rings is 1. The Kier molecular flexibility index (Phi) is 4.62. The lowest BCUT2D eigenvalue weighted by atomic mass is 9.94. The Morgan fingerprint density at radius 1 is 1.15 bits per heavy atom. The van der Waals surface area contributed by atoms with Crippen LogP contribution in [0.25, 0.3) is 11.4 Å². The fourth-order valence-corrected chi connectivity index (χ4v) is 3.48. The van der Waals surface area contributed by atoms with Gasteiger partial charge in [0.15, 0.2) is 0 Å². The molecule has 1 atom stereocenters. The lowest BCUT2D eigenvalue weighted by molar-refractivity contribution is 0.0704. The second kappa shape index (κ2) is 7.22. The second-order valence-corrected chi connectivity index (χ2v) is 6.83. The summed E-state index contributed by atoms with van der Waals surface area (Å²) >= 11 is 0. The van der Waals surface area contributed by atoms with E-state index in [0.717, 1.165) is 36.5 Å². The fourth-order valence-electron chi connectivity index (χ4n) is 3.48. The number of aryl methyl sites for hydroxylation is 2. The highest BCUT2D eigenvalue weighted by Gasteiger charge is 2.27. The molecule has 1 aliphatic rings. The molecule has 0 saturated carbocycles. The number of likely N-dealkylation sites (tertiary alicyclic amines) is 1. The average Bonchev–Trinajstić information content (AvgIpc) is 3.14. The van der Waals surface area contributed by atoms with Gasteiger partial charge < -0.3 is 9.47 Å². The van der Waals surface area contributed by atoms with Gasteiger partial charge in [-0.25, -0.2) is 19.9 Å². The zero-order valence-electron chi connectivity index (χ0n) is 15.4. The first-order valence-electron chi connectivity index (χ1n) is 8.98. The largest absolute Gasteiger partial charge is 0.338 e. The number of nitrogens with zero attached hydrogens (tertiary/aromatic N) is 7. The Morgan fingerprint density at radius 2 is 2.04 bits per heavy atom. The van der Waals surface area contributed by atoms with Crippen molar-refractivity contribution < 1.29 is 4.79 Å². The average molecular weight is 363 g/mol. The summed E-state index contributed by atoms with van der Waals surface area (Å²) in [5, 5.41) is 0. The van der Waals surface area contributed by atoms with Gasteiger partial charge in [-0.05, 0) is 19.8 Å². The van der Waals surface area contributed by atoms with Crippen LogP contribution in [0, 0.1) is 6.92 Å².